The predicted molar refractivity (Wildman–Crippen MR) is 169 cm³/mol. The monoisotopic (exact) mass is 604 g/mol. The Hall–Kier alpha value is -4.15. The molecular formula is C31H44N10O3. The number of aromatic nitrogens is 2. The van der Waals surface area contributed by atoms with E-state index in [-0.39, 0.29) is 35.2 Å². The van der Waals surface area contributed by atoms with Crippen LogP contribution in [0.4, 0.5) is 27.8 Å². The van der Waals surface area contributed by atoms with Crippen molar-refractivity contribution >= 4 is 35.0 Å². The van der Waals surface area contributed by atoms with Crippen molar-refractivity contribution in [2.75, 3.05) is 74.9 Å². The lowest BCUT2D eigenvalue weighted by Gasteiger charge is -2.42. The SMILES string of the molecule is CN1CCN(C2CCN(c3ccc(Nc4nc(N[C@@H]5CCN(C(=O)OC(C)(C)C)C5)c(C#N)nc4C(N)=O)cc3)CC2)CC1. The highest BCUT2D eigenvalue weighted by Gasteiger charge is 2.31. The number of anilines is 4. The molecular weight excluding hydrogens is 560 g/mol. The molecule has 0 radical (unpaired) electrons. The number of rotatable bonds is 7. The average Bonchev–Trinajstić information content (AvgIpc) is 3.46. The first-order valence-corrected chi connectivity index (χ1v) is 15.4. The van der Waals surface area contributed by atoms with Crippen molar-refractivity contribution in [3.63, 3.8) is 0 Å². The predicted octanol–water partition coefficient (Wildman–Crippen LogP) is 2.83. The van der Waals surface area contributed by atoms with Crippen molar-refractivity contribution in [1.29, 1.82) is 5.26 Å². The number of likely N-dealkylation sites (tertiary alicyclic amines) is 1. The number of nitrogens with two attached hydrogens (primary N) is 1. The first-order chi connectivity index (χ1) is 21.0. The van der Waals surface area contributed by atoms with Gasteiger partial charge >= 0.3 is 6.09 Å². The summed E-state index contributed by atoms with van der Waals surface area (Å²) in [5.41, 5.74) is 6.72. The second-order valence-electron chi connectivity index (χ2n) is 12.9. The Labute approximate surface area is 259 Å². The molecule has 13 nitrogen and oxygen atoms in total. The van der Waals surface area contributed by atoms with Gasteiger partial charge in [0.05, 0.1) is 0 Å². The lowest BCUT2D eigenvalue weighted by Crippen LogP contribution is -2.52. The van der Waals surface area contributed by atoms with Crippen molar-refractivity contribution in [2.45, 2.75) is 57.7 Å². The summed E-state index contributed by atoms with van der Waals surface area (Å²) >= 11 is 0. The van der Waals surface area contributed by atoms with Crippen LogP contribution < -0.4 is 21.3 Å². The maximum Gasteiger partial charge on any atom is 0.410 e. The van der Waals surface area contributed by atoms with E-state index in [1.807, 2.05) is 39.0 Å². The number of hydrogen-bond acceptors (Lipinski definition) is 11. The van der Waals surface area contributed by atoms with E-state index in [4.69, 9.17) is 10.5 Å². The molecule has 5 rings (SSSR count). The largest absolute Gasteiger partial charge is 0.444 e. The number of nitrogens with one attached hydrogen (secondary N) is 2. The molecule has 0 spiro atoms. The van der Waals surface area contributed by atoms with E-state index in [0.717, 1.165) is 57.8 Å². The molecule has 1 atom stereocenters. The highest BCUT2D eigenvalue weighted by Crippen LogP contribution is 2.28. The van der Waals surface area contributed by atoms with Gasteiger partial charge in [-0.2, -0.15) is 5.26 Å². The van der Waals surface area contributed by atoms with Gasteiger partial charge in [0, 0.05) is 75.8 Å². The van der Waals surface area contributed by atoms with E-state index in [0.29, 0.717) is 31.2 Å². The summed E-state index contributed by atoms with van der Waals surface area (Å²) in [5.74, 6) is -0.419. The summed E-state index contributed by atoms with van der Waals surface area (Å²) in [6.45, 7) is 13.0. The highest BCUT2D eigenvalue weighted by molar-refractivity contribution is 5.96. The topological polar surface area (TPSA) is 156 Å². The number of amides is 2. The smallest absolute Gasteiger partial charge is 0.410 e. The van der Waals surface area contributed by atoms with Gasteiger partial charge in [-0.3, -0.25) is 9.69 Å². The fraction of sp³-hybridized carbons (Fsp3) is 0.581. The fourth-order valence-electron chi connectivity index (χ4n) is 6.01. The number of benzene rings is 1. The number of piperazine rings is 1. The molecule has 236 valence electrons. The minimum atomic E-state index is -0.792. The molecule has 0 bridgehead atoms. The summed E-state index contributed by atoms with van der Waals surface area (Å²) in [6.07, 6.45) is 2.56. The normalized spacial score (nSPS) is 20.3. The Balaban J connectivity index is 1.23. The molecule has 1 aromatic heterocycles. The molecule has 44 heavy (non-hydrogen) atoms. The van der Waals surface area contributed by atoms with Crippen molar-refractivity contribution in [3.05, 3.63) is 35.7 Å². The van der Waals surface area contributed by atoms with Gasteiger partial charge in [-0.1, -0.05) is 0 Å². The van der Waals surface area contributed by atoms with E-state index in [9.17, 15) is 14.9 Å². The Morgan fingerprint density at radius 1 is 0.977 bits per heavy atom. The number of carbonyl (C=O) groups is 2. The van der Waals surface area contributed by atoms with E-state index in [2.05, 4.69) is 54.5 Å². The van der Waals surface area contributed by atoms with Crippen LogP contribution >= 0.6 is 0 Å². The summed E-state index contributed by atoms with van der Waals surface area (Å²) in [4.78, 5) is 42.6. The number of nitrogens with zero attached hydrogens (tertiary/aromatic N) is 7. The molecule has 4 N–H and O–H groups in total. The molecule has 3 saturated heterocycles. The fourth-order valence-corrected chi connectivity index (χ4v) is 6.01. The Kier molecular flexibility index (Phi) is 9.41. The van der Waals surface area contributed by atoms with Crippen LogP contribution in [-0.2, 0) is 4.74 Å². The zero-order chi connectivity index (χ0) is 31.4. The molecule has 3 fully saturated rings. The van der Waals surface area contributed by atoms with Gasteiger partial charge in [-0.05, 0) is 71.3 Å². The first kappa shape index (κ1) is 31.3. The molecule has 3 aliphatic heterocycles. The van der Waals surface area contributed by atoms with E-state index in [1.165, 1.54) is 0 Å². The number of likely N-dealkylation sites (N-methyl/N-ethyl adjacent to an activating group) is 1. The molecule has 0 saturated carbocycles. The van der Waals surface area contributed by atoms with Crippen LogP contribution in [0, 0.1) is 11.3 Å². The van der Waals surface area contributed by atoms with Gasteiger partial charge in [-0.15, -0.1) is 0 Å². The maximum absolute atomic E-state index is 12.5. The number of hydrogen-bond donors (Lipinski definition) is 3. The van der Waals surface area contributed by atoms with Crippen LogP contribution in [0.25, 0.3) is 0 Å². The second kappa shape index (κ2) is 13.2. The zero-order valence-corrected chi connectivity index (χ0v) is 26.2. The third kappa shape index (κ3) is 7.67. The maximum atomic E-state index is 12.5. The van der Waals surface area contributed by atoms with Crippen LogP contribution in [0.15, 0.2) is 24.3 Å². The Bertz CT molecular complexity index is 1370. The van der Waals surface area contributed by atoms with Gasteiger partial charge in [0.25, 0.3) is 5.91 Å². The number of ether oxygens (including phenoxy) is 1. The molecule has 0 aliphatic carbocycles. The van der Waals surface area contributed by atoms with Gasteiger partial charge in [-0.25, -0.2) is 14.8 Å². The van der Waals surface area contributed by atoms with Crippen LogP contribution in [0.1, 0.15) is 56.2 Å². The zero-order valence-electron chi connectivity index (χ0n) is 26.2. The van der Waals surface area contributed by atoms with Crippen LogP contribution in [0.5, 0.6) is 0 Å². The summed E-state index contributed by atoms with van der Waals surface area (Å²) in [5, 5.41) is 16.1. The average molecular weight is 605 g/mol. The standard InChI is InChI=1S/C31H44N10O3/c1-31(2,3)44-30(43)41-12-9-22(20-41)35-28-25(19-32)36-26(27(33)42)29(37-28)34-21-5-7-23(8-6-21)39-13-10-24(11-14-39)40-17-15-38(4)16-18-40/h5-8,22,24H,9-18,20H2,1-4H3,(H2,33,42)(H2,34,35,37)/t22-/m1/s1. The number of nitriles is 1. The minimum Gasteiger partial charge on any atom is -0.444 e. The molecule has 0 unspecified atom stereocenters. The van der Waals surface area contributed by atoms with Crippen molar-refractivity contribution in [1.82, 2.24) is 24.7 Å². The van der Waals surface area contributed by atoms with Gasteiger partial charge in [0.15, 0.2) is 23.0 Å². The lowest BCUT2D eigenvalue weighted by molar-refractivity contribution is 0.0293. The minimum absolute atomic E-state index is 0.0459. The lowest BCUT2D eigenvalue weighted by atomic mass is 10.0. The molecule has 2 amide bonds. The molecule has 1 aromatic carbocycles. The van der Waals surface area contributed by atoms with Crippen LogP contribution in [0.3, 0.4) is 0 Å². The highest BCUT2D eigenvalue weighted by atomic mass is 16.6. The van der Waals surface area contributed by atoms with Gasteiger partial charge < -0.3 is 35.8 Å². The molecule has 13 heteroatoms. The number of piperidine rings is 1. The summed E-state index contributed by atoms with van der Waals surface area (Å²) in [7, 11) is 2.19. The third-order valence-electron chi connectivity index (χ3n) is 8.43. The van der Waals surface area contributed by atoms with Crippen molar-refractivity contribution in [2.24, 2.45) is 5.73 Å². The van der Waals surface area contributed by atoms with Crippen LogP contribution in [0.2, 0.25) is 0 Å². The second-order valence-corrected chi connectivity index (χ2v) is 12.9. The van der Waals surface area contributed by atoms with Crippen LogP contribution in [-0.4, -0.2) is 114 Å². The Morgan fingerprint density at radius 2 is 1.66 bits per heavy atom. The van der Waals surface area contributed by atoms with E-state index >= 15 is 0 Å². The van der Waals surface area contributed by atoms with Gasteiger partial charge in [0.1, 0.15) is 11.7 Å². The molecule has 2 aromatic rings. The Morgan fingerprint density at radius 3 is 2.27 bits per heavy atom. The summed E-state index contributed by atoms with van der Waals surface area (Å²) < 4.78 is 5.48. The van der Waals surface area contributed by atoms with E-state index < -0.39 is 11.5 Å². The van der Waals surface area contributed by atoms with Crippen molar-refractivity contribution in [3.8, 4) is 6.07 Å². The quantitative estimate of drug-likeness (QED) is 0.427. The molecule has 3 aliphatic rings. The summed E-state index contributed by atoms with van der Waals surface area (Å²) in [6, 6.07) is 10.5. The number of primary amides is 1. The van der Waals surface area contributed by atoms with E-state index in [1.54, 1.807) is 4.90 Å². The third-order valence-corrected chi connectivity index (χ3v) is 8.43. The molecule has 4 heterocycles. The van der Waals surface area contributed by atoms with Gasteiger partial charge in [0.2, 0.25) is 0 Å². The first-order valence-electron chi connectivity index (χ1n) is 15.4. The van der Waals surface area contributed by atoms with Crippen molar-refractivity contribution < 1.29 is 14.3 Å². The number of carbonyl (C=O) groups excluding carboxylic acids is 2.